The number of nitrogens with zero attached hydrogens (tertiary/aromatic N) is 3. The molecule has 1 fully saturated rings. The van der Waals surface area contributed by atoms with Crippen molar-refractivity contribution in [1.82, 2.24) is 14.6 Å². The molecule has 2 aromatic rings. The summed E-state index contributed by atoms with van der Waals surface area (Å²) in [5.74, 6) is -2.78. The van der Waals surface area contributed by atoms with Gasteiger partial charge in [-0.3, -0.25) is 18.9 Å². The topological polar surface area (TPSA) is 167 Å². The van der Waals surface area contributed by atoms with Crippen LogP contribution in [0, 0.1) is 0 Å². The number of carbonyl (C=O) groups excluding carboxylic acids is 3. The van der Waals surface area contributed by atoms with Crippen molar-refractivity contribution in [2.45, 2.75) is 12.1 Å². The van der Waals surface area contributed by atoms with Crippen molar-refractivity contribution in [3.05, 3.63) is 45.9 Å². The lowest BCUT2D eigenvalue weighted by Gasteiger charge is -2.44. The molecule has 3 N–H and O–H groups in total. The van der Waals surface area contributed by atoms with Gasteiger partial charge in [0.2, 0.25) is 5.91 Å². The molecule has 2 unspecified atom stereocenters. The number of benzene rings is 1. The molecule has 3 rings (SSSR count). The van der Waals surface area contributed by atoms with Gasteiger partial charge in [-0.2, -0.15) is 8.42 Å². The van der Waals surface area contributed by atoms with Crippen molar-refractivity contribution in [1.29, 1.82) is 0 Å². The molecule has 0 bridgehead atoms. The highest BCUT2D eigenvalue weighted by molar-refractivity contribution is 7.84. The summed E-state index contributed by atoms with van der Waals surface area (Å²) in [6.45, 7) is 0. The summed E-state index contributed by atoms with van der Waals surface area (Å²) < 4.78 is 33.1. The zero-order valence-corrected chi connectivity index (χ0v) is 19.7. The lowest BCUT2D eigenvalue weighted by Crippen LogP contribution is -2.67. The Hall–Kier alpha value is -2.78. The normalized spacial score (nSPS) is 18.5. The average Bonchev–Trinajstić information content (AvgIpc) is 3.21. The first-order chi connectivity index (χ1) is 15.6. The largest absolute Gasteiger partial charge is 0.398 e. The maximum absolute atomic E-state index is 12.9. The van der Waals surface area contributed by atoms with Crippen molar-refractivity contribution in [2.75, 3.05) is 18.3 Å². The molecular formula is C17H15Cl2N5O7S2. The number of oxime groups is 1. The summed E-state index contributed by atoms with van der Waals surface area (Å²) in [5.41, 5.74) is -0.0226. The minimum Gasteiger partial charge on any atom is -0.398 e. The van der Waals surface area contributed by atoms with Gasteiger partial charge >= 0.3 is 10.3 Å². The molecule has 2 atom stereocenters. The fourth-order valence-corrected chi connectivity index (χ4v) is 4.72. The van der Waals surface area contributed by atoms with Crippen LogP contribution in [-0.4, -0.2) is 64.7 Å². The molecule has 176 valence electrons. The van der Waals surface area contributed by atoms with Crippen LogP contribution < -0.4 is 10.6 Å². The number of anilines is 1. The maximum atomic E-state index is 12.9. The van der Waals surface area contributed by atoms with E-state index in [-0.39, 0.29) is 26.7 Å². The van der Waals surface area contributed by atoms with Crippen LogP contribution in [0.4, 0.5) is 5.13 Å². The molecule has 1 aromatic heterocycles. The zero-order valence-electron chi connectivity index (χ0n) is 16.6. The molecule has 1 aliphatic heterocycles. The molecule has 33 heavy (non-hydrogen) atoms. The van der Waals surface area contributed by atoms with Gasteiger partial charge in [0.25, 0.3) is 11.8 Å². The Labute approximate surface area is 201 Å². The van der Waals surface area contributed by atoms with Crippen LogP contribution in [0.25, 0.3) is 0 Å². The predicted octanol–water partition coefficient (Wildman–Crippen LogP) is 1.20. The Morgan fingerprint density at radius 3 is 2.58 bits per heavy atom. The van der Waals surface area contributed by atoms with E-state index >= 15 is 0 Å². The molecule has 0 spiro atoms. The molecule has 0 saturated carbocycles. The van der Waals surface area contributed by atoms with Gasteiger partial charge in [0.05, 0.1) is 0 Å². The smallest absolute Gasteiger partial charge is 0.362 e. The van der Waals surface area contributed by atoms with Gasteiger partial charge in [0.15, 0.2) is 10.8 Å². The molecule has 0 radical (unpaired) electrons. The summed E-state index contributed by atoms with van der Waals surface area (Å²) in [6.07, 6.45) is 0. The molecule has 3 amide bonds. The maximum Gasteiger partial charge on any atom is 0.362 e. The Morgan fingerprint density at radius 1 is 1.33 bits per heavy atom. The van der Waals surface area contributed by atoms with E-state index in [9.17, 15) is 27.4 Å². The number of nitrogens with one attached hydrogen (secondary N) is 2. The number of halogens is 2. The minimum atomic E-state index is -4.90. The molecule has 2 heterocycles. The molecule has 1 aromatic carbocycles. The lowest BCUT2D eigenvalue weighted by molar-refractivity contribution is -0.145. The van der Waals surface area contributed by atoms with Crippen LogP contribution in [0.5, 0.6) is 0 Å². The van der Waals surface area contributed by atoms with Crippen LogP contribution in [0.15, 0.2) is 34.8 Å². The molecule has 16 heteroatoms. The Kier molecular flexibility index (Phi) is 7.54. The first-order valence-electron chi connectivity index (χ1n) is 8.86. The number of thiazole rings is 1. The van der Waals surface area contributed by atoms with Crippen LogP contribution in [0.2, 0.25) is 5.02 Å². The highest BCUT2D eigenvalue weighted by Crippen LogP contribution is 2.37. The number of rotatable bonds is 8. The number of hydrogen-bond donors (Lipinski definition) is 3. The van der Waals surface area contributed by atoms with E-state index in [1.807, 2.05) is 0 Å². The fourth-order valence-electron chi connectivity index (χ4n) is 2.95. The third-order valence-electron chi connectivity index (χ3n) is 4.31. The Bertz CT molecular complexity index is 1220. The van der Waals surface area contributed by atoms with Gasteiger partial charge in [-0.25, -0.2) is 9.29 Å². The second-order valence-corrected chi connectivity index (χ2v) is 9.25. The first kappa shape index (κ1) is 24.9. The Morgan fingerprint density at radius 2 is 2.00 bits per heavy atom. The van der Waals surface area contributed by atoms with Crippen molar-refractivity contribution >= 4 is 73.4 Å². The summed E-state index contributed by atoms with van der Waals surface area (Å²) in [5, 5.41) is 10.3. The van der Waals surface area contributed by atoms with E-state index in [1.54, 1.807) is 0 Å². The number of β-lactam (4-membered cyclic amide) rings is 1. The molecule has 0 aliphatic carbocycles. The third-order valence-corrected chi connectivity index (χ3v) is 6.47. The summed E-state index contributed by atoms with van der Waals surface area (Å²) in [7, 11) is -3.72. The third kappa shape index (κ3) is 5.42. The monoisotopic (exact) mass is 535 g/mol. The minimum absolute atomic E-state index is 0.0191. The SMILES string of the molecule is CON=C(C(=O)NC1C(=O)N(S(=O)(=O)O)C1c1ccc(Cl)cc1)c1csc(NC(=O)CCl)n1. The number of carbonyl (C=O) groups is 3. The van der Waals surface area contributed by atoms with Gasteiger partial charge in [-0.05, 0) is 17.7 Å². The predicted molar refractivity (Wildman–Crippen MR) is 120 cm³/mol. The molecular weight excluding hydrogens is 521 g/mol. The zero-order chi connectivity index (χ0) is 24.3. The van der Waals surface area contributed by atoms with Crippen LogP contribution in [-0.2, 0) is 29.5 Å². The highest BCUT2D eigenvalue weighted by Gasteiger charge is 2.55. The van der Waals surface area contributed by atoms with Gasteiger partial charge < -0.3 is 15.5 Å². The lowest BCUT2D eigenvalue weighted by atomic mass is 9.91. The number of amides is 3. The van der Waals surface area contributed by atoms with Crippen LogP contribution >= 0.6 is 34.5 Å². The van der Waals surface area contributed by atoms with Crippen molar-refractivity contribution < 1.29 is 32.2 Å². The van der Waals surface area contributed by atoms with E-state index in [0.717, 1.165) is 11.3 Å². The molecule has 1 saturated heterocycles. The van der Waals surface area contributed by atoms with Gasteiger partial charge in [-0.15, -0.1) is 22.9 Å². The highest BCUT2D eigenvalue weighted by atomic mass is 35.5. The molecule has 1 aliphatic rings. The second kappa shape index (κ2) is 10.0. The summed E-state index contributed by atoms with van der Waals surface area (Å²) >= 11 is 12.3. The average molecular weight is 536 g/mol. The second-order valence-electron chi connectivity index (χ2n) is 6.40. The van der Waals surface area contributed by atoms with E-state index in [4.69, 9.17) is 23.2 Å². The van der Waals surface area contributed by atoms with Crippen molar-refractivity contribution in [2.24, 2.45) is 5.16 Å². The van der Waals surface area contributed by atoms with Gasteiger partial charge in [0.1, 0.15) is 30.8 Å². The van der Waals surface area contributed by atoms with Crippen LogP contribution in [0.3, 0.4) is 0 Å². The number of alkyl halides is 1. The van der Waals surface area contributed by atoms with Crippen molar-refractivity contribution in [3.8, 4) is 0 Å². The van der Waals surface area contributed by atoms with Gasteiger partial charge in [0, 0.05) is 10.4 Å². The van der Waals surface area contributed by atoms with E-state index < -0.39 is 40.1 Å². The Balaban J connectivity index is 1.86. The first-order valence-corrected chi connectivity index (χ1v) is 12.1. The standard InChI is InChI=1S/C17H15Cl2N5O7S2/c1-31-23-12(10-7-32-17(20-10)21-11(25)6-18)15(26)22-13-14(8-2-4-9(19)5-3-8)24(16(13)27)33(28,29)30/h2-5,7,13-14H,6H2,1H3,(H,22,26)(H,20,21,25)(H,28,29,30). The number of aromatic nitrogens is 1. The van der Waals surface area contributed by atoms with E-state index in [2.05, 4.69) is 25.6 Å². The van der Waals surface area contributed by atoms with E-state index in [0.29, 0.717) is 10.6 Å². The number of hydrogen-bond acceptors (Lipinski definition) is 9. The van der Waals surface area contributed by atoms with E-state index in [1.165, 1.54) is 36.8 Å². The van der Waals surface area contributed by atoms with Crippen LogP contribution in [0.1, 0.15) is 17.3 Å². The quantitative estimate of drug-likeness (QED) is 0.149. The fraction of sp³-hybridized carbons (Fsp3) is 0.235. The van der Waals surface area contributed by atoms with Gasteiger partial charge in [-0.1, -0.05) is 28.9 Å². The van der Waals surface area contributed by atoms with Crippen molar-refractivity contribution in [3.63, 3.8) is 0 Å². The molecule has 12 nitrogen and oxygen atoms in total. The summed E-state index contributed by atoms with van der Waals surface area (Å²) in [4.78, 5) is 45.5. The summed E-state index contributed by atoms with van der Waals surface area (Å²) in [6, 6.07) is 3.25.